The number of aromatic amines is 2. The highest BCUT2D eigenvalue weighted by Gasteiger charge is 2.15. The van der Waals surface area contributed by atoms with Crippen molar-refractivity contribution >= 4 is 11.6 Å². The summed E-state index contributed by atoms with van der Waals surface area (Å²) in [5, 5.41) is 16.4. The van der Waals surface area contributed by atoms with Gasteiger partial charge in [0.1, 0.15) is 6.33 Å². The molecule has 0 spiro atoms. The molecule has 2 aromatic carbocycles. The van der Waals surface area contributed by atoms with E-state index in [1.807, 2.05) is 54.6 Å². The minimum absolute atomic E-state index is 0.234. The molecule has 2 aromatic heterocycles. The lowest BCUT2D eigenvalue weighted by atomic mass is 10.1. The van der Waals surface area contributed by atoms with Crippen molar-refractivity contribution in [2.45, 2.75) is 0 Å². The van der Waals surface area contributed by atoms with E-state index in [1.165, 1.54) is 12.5 Å². The first-order valence-corrected chi connectivity index (χ1v) is 7.67. The monoisotopic (exact) mass is 330 g/mol. The number of carbonyl (C=O) groups excluding carboxylic acids is 1. The average molecular weight is 330 g/mol. The first kappa shape index (κ1) is 14.8. The van der Waals surface area contributed by atoms with Gasteiger partial charge in [0, 0.05) is 16.8 Å². The van der Waals surface area contributed by atoms with Gasteiger partial charge in [-0.1, -0.05) is 42.5 Å². The van der Waals surface area contributed by atoms with Crippen molar-refractivity contribution in [2.75, 3.05) is 5.32 Å². The summed E-state index contributed by atoms with van der Waals surface area (Å²) in [5.41, 5.74) is 3.58. The Hall–Kier alpha value is -3.74. The van der Waals surface area contributed by atoms with Gasteiger partial charge in [-0.25, -0.2) is 4.98 Å². The topological polar surface area (TPSA) is 99.3 Å². The summed E-state index contributed by atoms with van der Waals surface area (Å²) in [5.74, 6) is 0.409. The summed E-state index contributed by atoms with van der Waals surface area (Å²) in [6, 6.07) is 17.0. The Kier molecular flexibility index (Phi) is 3.80. The van der Waals surface area contributed by atoms with Crippen LogP contribution in [0.15, 0.2) is 67.1 Å². The van der Waals surface area contributed by atoms with E-state index in [9.17, 15) is 4.79 Å². The molecule has 0 saturated heterocycles. The highest BCUT2D eigenvalue weighted by Crippen LogP contribution is 2.23. The van der Waals surface area contributed by atoms with Crippen LogP contribution in [0.1, 0.15) is 10.4 Å². The number of anilines is 1. The van der Waals surface area contributed by atoms with Crippen LogP contribution in [0.2, 0.25) is 0 Å². The molecule has 4 aromatic rings. The standard InChI is InChI=1S/C18H14N6O/c25-18(15-10-20-23-16(15)12-5-2-1-3-6-12)22-14-8-4-7-13(9-14)17-19-11-21-24-17/h1-11H,(H,20,23)(H,22,25)(H,19,21,24). The second kappa shape index (κ2) is 6.40. The molecule has 122 valence electrons. The van der Waals surface area contributed by atoms with Crippen LogP contribution in [0.4, 0.5) is 5.69 Å². The summed E-state index contributed by atoms with van der Waals surface area (Å²) in [6.07, 6.45) is 2.97. The number of nitrogens with one attached hydrogen (secondary N) is 3. The molecule has 0 radical (unpaired) electrons. The number of amides is 1. The zero-order valence-corrected chi connectivity index (χ0v) is 13.1. The van der Waals surface area contributed by atoms with Crippen molar-refractivity contribution in [3.05, 3.63) is 72.7 Å². The molecule has 0 aliphatic rings. The molecule has 0 atom stereocenters. The van der Waals surface area contributed by atoms with E-state index < -0.39 is 0 Å². The van der Waals surface area contributed by atoms with Gasteiger partial charge in [-0.15, -0.1) is 0 Å². The van der Waals surface area contributed by atoms with E-state index in [1.54, 1.807) is 0 Å². The summed E-state index contributed by atoms with van der Waals surface area (Å²) in [6.45, 7) is 0. The fourth-order valence-corrected chi connectivity index (χ4v) is 2.57. The first-order chi connectivity index (χ1) is 12.3. The van der Waals surface area contributed by atoms with Gasteiger partial charge in [-0.2, -0.15) is 10.2 Å². The maximum atomic E-state index is 12.7. The molecular weight excluding hydrogens is 316 g/mol. The third-order valence-corrected chi connectivity index (χ3v) is 3.76. The van der Waals surface area contributed by atoms with Crippen LogP contribution in [0.3, 0.4) is 0 Å². The van der Waals surface area contributed by atoms with Crippen LogP contribution in [-0.4, -0.2) is 31.3 Å². The van der Waals surface area contributed by atoms with E-state index in [2.05, 4.69) is 30.7 Å². The first-order valence-electron chi connectivity index (χ1n) is 7.67. The molecule has 7 nitrogen and oxygen atoms in total. The second-order valence-corrected chi connectivity index (χ2v) is 5.39. The number of hydrogen-bond acceptors (Lipinski definition) is 4. The number of carbonyl (C=O) groups is 1. The van der Waals surface area contributed by atoms with Crippen molar-refractivity contribution in [1.29, 1.82) is 0 Å². The summed E-state index contributed by atoms with van der Waals surface area (Å²) < 4.78 is 0. The van der Waals surface area contributed by atoms with Crippen molar-refractivity contribution in [1.82, 2.24) is 25.4 Å². The Bertz CT molecular complexity index is 991. The number of benzene rings is 2. The van der Waals surface area contributed by atoms with Crippen LogP contribution in [0, 0.1) is 0 Å². The molecule has 0 saturated carbocycles. The molecule has 4 rings (SSSR count). The summed E-state index contributed by atoms with van der Waals surface area (Å²) >= 11 is 0. The SMILES string of the molecule is O=C(Nc1cccc(-c2ncn[nH]2)c1)c1cn[nH]c1-c1ccccc1. The lowest BCUT2D eigenvalue weighted by molar-refractivity contribution is 0.102. The van der Waals surface area contributed by atoms with Crippen LogP contribution in [-0.2, 0) is 0 Å². The number of aromatic nitrogens is 5. The molecule has 0 fully saturated rings. The number of rotatable bonds is 4. The molecule has 1 amide bonds. The molecule has 0 bridgehead atoms. The Morgan fingerprint density at radius 1 is 0.920 bits per heavy atom. The van der Waals surface area contributed by atoms with Crippen molar-refractivity contribution < 1.29 is 4.79 Å². The number of H-pyrrole nitrogens is 2. The molecule has 0 aliphatic heterocycles. The molecule has 0 unspecified atom stereocenters. The fraction of sp³-hybridized carbons (Fsp3) is 0. The van der Waals surface area contributed by atoms with Crippen molar-refractivity contribution in [3.8, 4) is 22.6 Å². The van der Waals surface area contributed by atoms with Gasteiger partial charge in [0.05, 0.1) is 17.5 Å². The minimum Gasteiger partial charge on any atom is -0.322 e. The van der Waals surface area contributed by atoms with Gasteiger partial charge in [0.2, 0.25) is 0 Å². The Balaban J connectivity index is 1.60. The van der Waals surface area contributed by atoms with Crippen molar-refractivity contribution in [2.24, 2.45) is 0 Å². The maximum absolute atomic E-state index is 12.7. The molecule has 25 heavy (non-hydrogen) atoms. The minimum atomic E-state index is -0.234. The Morgan fingerprint density at radius 3 is 2.56 bits per heavy atom. The average Bonchev–Trinajstić information content (AvgIpc) is 3.34. The van der Waals surface area contributed by atoms with E-state index in [0.717, 1.165) is 11.1 Å². The van der Waals surface area contributed by atoms with Gasteiger partial charge >= 0.3 is 0 Å². The third-order valence-electron chi connectivity index (χ3n) is 3.76. The van der Waals surface area contributed by atoms with Gasteiger partial charge in [0.15, 0.2) is 5.82 Å². The Labute approximate surface area is 143 Å². The lowest BCUT2D eigenvalue weighted by Gasteiger charge is -2.07. The summed E-state index contributed by atoms with van der Waals surface area (Å²) in [4.78, 5) is 16.8. The van der Waals surface area contributed by atoms with Crippen LogP contribution in [0.5, 0.6) is 0 Å². The van der Waals surface area contributed by atoms with Crippen LogP contribution in [0.25, 0.3) is 22.6 Å². The van der Waals surface area contributed by atoms with E-state index in [0.29, 0.717) is 22.8 Å². The Morgan fingerprint density at radius 2 is 1.76 bits per heavy atom. The third kappa shape index (κ3) is 3.02. The maximum Gasteiger partial charge on any atom is 0.259 e. The normalized spacial score (nSPS) is 10.6. The highest BCUT2D eigenvalue weighted by molar-refractivity contribution is 6.08. The molecule has 3 N–H and O–H groups in total. The number of nitrogens with zero attached hydrogens (tertiary/aromatic N) is 3. The largest absolute Gasteiger partial charge is 0.322 e. The molecule has 7 heteroatoms. The second-order valence-electron chi connectivity index (χ2n) is 5.39. The van der Waals surface area contributed by atoms with Gasteiger partial charge < -0.3 is 5.32 Å². The van der Waals surface area contributed by atoms with Crippen molar-refractivity contribution in [3.63, 3.8) is 0 Å². The van der Waals surface area contributed by atoms with Crippen LogP contribution >= 0.6 is 0 Å². The predicted octanol–water partition coefficient (Wildman–Crippen LogP) is 3.11. The van der Waals surface area contributed by atoms with Gasteiger partial charge in [0.25, 0.3) is 5.91 Å². The lowest BCUT2D eigenvalue weighted by Crippen LogP contribution is -2.12. The predicted molar refractivity (Wildman–Crippen MR) is 93.8 cm³/mol. The fourth-order valence-electron chi connectivity index (χ4n) is 2.57. The molecule has 0 aliphatic carbocycles. The van der Waals surface area contributed by atoms with Crippen LogP contribution < -0.4 is 5.32 Å². The summed E-state index contributed by atoms with van der Waals surface area (Å²) in [7, 11) is 0. The molecular formula is C18H14N6O. The smallest absolute Gasteiger partial charge is 0.259 e. The van der Waals surface area contributed by atoms with Gasteiger partial charge in [-0.3, -0.25) is 15.0 Å². The quantitative estimate of drug-likeness (QED) is 0.535. The van der Waals surface area contributed by atoms with Gasteiger partial charge in [-0.05, 0) is 12.1 Å². The molecule has 2 heterocycles. The highest BCUT2D eigenvalue weighted by atomic mass is 16.1. The van der Waals surface area contributed by atoms with E-state index >= 15 is 0 Å². The zero-order chi connectivity index (χ0) is 17.1. The number of hydrogen-bond donors (Lipinski definition) is 3. The van der Waals surface area contributed by atoms with E-state index in [-0.39, 0.29) is 5.91 Å². The van der Waals surface area contributed by atoms with E-state index in [4.69, 9.17) is 0 Å². The zero-order valence-electron chi connectivity index (χ0n) is 13.1.